The van der Waals surface area contributed by atoms with Gasteiger partial charge in [0.25, 0.3) is 6.47 Å². The van der Waals surface area contributed by atoms with Gasteiger partial charge in [-0.1, -0.05) is 0 Å². The lowest BCUT2D eigenvalue weighted by molar-refractivity contribution is -0.125. The molecule has 0 unspecified atom stereocenters. The molecule has 0 fully saturated rings. The Morgan fingerprint density at radius 3 is 3.00 bits per heavy atom. The molecule has 0 aromatic carbocycles. The standard InChI is InChI=1S/C5H5NO3/c7-3-9-4-1-5(8)6-2-4/h1,3H,2H2,(H,6,8). The van der Waals surface area contributed by atoms with Gasteiger partial charge in [-0.15, -0.1) is 0 Å². The molecule has 0 aliphatic carbocycles. The highest BCUT2D eigenvalue weighted by Gasteiger charge is 2.10. The minimum atomic E-state index is -0.216. The molecule has 1 amide bonds. The molecule has 0 bridgehead atoms. The third kappa shape index (κ3) is 1.28. The normalized spacial score (nSPS) is 16.4. The van der Waals surface area contributed by atoms with Crippen molar-refractivity contribution < 1.29 is 14.3 Å². The topological polar surface area (TPSA) is 55.4 Å². The number of carbonyl (C=O) groups is 2. The van der Waals surface area contributed by atoms with Crippen molar-refractivity contribution in [3.05, 3.63) is 11.8 Å². The van der Waals surface area contributed by atoms with E-state index in [1.54, 1.807) is 0 Å². The summed E-state index contributed by atoms with van der Waals surface area (Å²) < 4.78 is 4.37. The van der Waals surface area contributed by atoms with E-state index in [1.165, 1.54) is 6.08 Å². The van der Waals surface area contributed by atoms with Crippen molar-refractivity contribution in [2.24, 2.45) is 0 Å². The van der Waals surface area contributed by atoms with Gasteiger partial charge in [0.05, 0.1) is 6.54 Å². The summed E-state index contributed by atoms with van der Waals surface area (Å²) in [6.45, 7) is 0.615. The van der Waals surface area contributed by atoms with Gasteiger partial charge < -0.3 is 10.1 Å². The molecular weight excluding hydrogens is 122 g/mol. The molecule has 1 aliphatic rings. The molecule has 0 atom stereocenters. The zero-order valence-electron chi connectivity index (χ0n) is 4.59. The highest BCUT2D eigenvalue weighted by atomic mass is 16.5. The summed E-state index contributed by atoms with van der Waals surface area (Å²) in [5.41, 5.74) is 0. The van der Waals surface area contributed by atoms with Crippen molar-refractivity contribution >= 4 is 12.4 Å². The molecule has 0 saturated heterocycles. The molecule has 48 valence electrons. The molecule has 1 heterocycles. The van der Waals surface area contributed by atoms with Gasteiger partial charge in [0, 0.05) is 6.08 Å². The summed E-state index contributed by atoms with van der Waals surface area (Å²) in [5, 5.41) is 2.44. The second-order valence-electron chi connectivity index (χ2n) is 1.54. The van der Waals surface area contributed by atoms with Crippen LogP contribution in [0.25, 0.3) is 0 Å². The number of nitrogens with one attached hydrogen (secondary N) is 1. The van der Waals surface area contributed by atoms with Crippen LogP contribution >= 0.6 is 0 Å². The second kappa shape index (κ2) is 2.30. The van der Waals surface area contributed by atoms with Gasteiger partial charge in [-0.05, 0) is 0 Å². The molecule has 4 heteroatoms. The molecular formula is C5H5NO3. The van der Waals surface area contributed by atoms with Gasteiger partial charge >= 0.3 is 0 Å². The van der Waals surface area contributed by atoms with Crippen molar-refractivity contribution in [1.29, 1.82) is 0 Å². The van der Waals surface area contributed by atoms with Gasteiger partial charge in [0.1, 0.15) is 5.76 Å². The van der Waals surface area contributed by atoms with Gasteiger partial charge in [0.15, 0.2) is 0 Å². The number of hydrogen-bond donors (Lipinski definition) is 1. The van der Waals surface area contributed by atoms with Crippen LogP contribution in [0.5, 0.6) is 0 Å². The Morgan fingerprint density at radius 2 is 2.56 bits per heavy atom. The van der Waals surface area contributed by atoms with Crippen molar-refractivity contribution in [1.82, 2.24) is 5.32 Å². The lowest BCUT2D eigenvalue weighted by Crippen LogP contribution is -2.15. The van der Waals surface area contributed by atoms with Crippen LogP contribution in [0.15, 0.2) is 11.8 Å². The largest absolute Gasteiger partial charge is 0.431 e. The van der Waals surface area contributed by atoms with Gasteiger partial charge in [-0.2, -0.15) is 0 Å². The van der Waals surface area contributed by atoms with E-state index in [4.69, 9.17) is 0 Å². The molecule has 9 heavy (non-hydrogen) atoms. The number of amides is 1. The van der Waals surface area contributed by atoms with Crippen molar-refractivity contribution in [2.75, 3.05) is 6.54 Å². The van der Waals surface area contributed by atoms with E-state index in [0.29, 0.717) is 18.8 Å². The van der Waals surface area contributed by atoms with Crippen LogP contribution in [0, 0.1) is 0 Å². The predicted molar refractivity (Wildman–Crippen MR) is 28.2 cm³/mol. The van der Waals surface area contributed by atoms with Crippen molar-refractivity contribution in [2.45, 2.75) is 0 Å². The number of ether oxygens (including phenoxy) is 1. The number of hydrogen-bond acceptors (Lipinski definition) is 3. The molecule has 1 N–H and O–H groups in total. The average Bonchev–Trinajstić information content (AvgIpc) is 2.17. The Balaban J connectivity index is 2.51. The molecule has 0 spiro atoms. The summed E-state index contributed by atoms with van der Waals surface area (Å²) >= 11 is 0. The van der Waals surface area contributed by atoms with Crippen LogP contribution in [0.3, 0.4) is 0 Å². The monoisotopic (exact) mass is 127 g/mol. The fourth-order valence-electron chi connectivity index (χ4n) is 0.560. The lowest BCUT2D eigenvalue weighted by Gasteiger charge is -1.92. The Morgan fingerprint density at radius 1 is 1.78 bits per heavy atom. The van der Waals surface area contributed by atoms with Gasteiger partial charge in [-0.25, -0.2) is 0 Å². The third-order valence-electron chi connectivity index (χ3n) is 0.928. The zero-order valence-corrected chi connectivity index (χ0v) is 4.59. The maximum absolute atomic E-state index is 10.3. The molecule has 1 rings (SSSR count). The Labute approximate surface area is 51.5 Å². The first-order valence-corrected chi connectivity index (χ1v) is 2.41. The molecule has 4 nitrogen and oxygen atoms in total. The quantitative estimate of drug-likeness (QED) is 0.493. The van der Waals surface area contributed by atoms with E-state index in [2.05, 4.69) is 10.1 Å². The van der Waals surface area contributed by atoms with Crippen LogP contribution in [-0.4, -0.2) is 18.9 Å². The SMILES string of the molecule is O=COC1=CC(=O)NC1. The number of rotatable bonds is 2. The highest BCUT2D eigenvalue weighted by Crippen LogP contribution is 1.98. The number of carbonyl (C=O) groups excluding carboxylic acids is 2. The zero-order chi connectivity index (χ0) is 6.69. The lowest BCUT2D eigenvalue weighted by atomic mass is 10.5. The molecule has 0 aromatic rings. The minimum Gasteiger partial charge on any atom is -0.431 e. The van der Waals surface area contributed by atoms with E-state index in [9.17, 15) is 9.59 Å². The smallest absolute Gasteiger partial charge is 0.298 e. The fraction of sp³-hybridized carbons (Fsp3) is 0.200. The molecule has 0 radical (unpaired) electrons. The highest BCUT2D eigenvalue weighted by molar-refractivity contribution is 5.90. The summed E-state index contributed by atoms with van der Waals surface area (Å²) in [4.78, 5) is 20.0. The van der Waals surface area contributed by atoms with Crippen LogP contribution in [0.1, 0.15) is 0 Å². The minimum absolute atomic E-state index is 0.216. The second-order valence-corrected chi connectivity index (χ2v) is 1.54. The van der Waals surface area contributed by atoms with Gasteiger partial charge in [-0.3, -0.25) is 9.59 Å². The van der Waals surface area contributed by atoms with Crippen LogP contribution in [0.2, 0.25) is 0 Å². The van der Waals surface area contributed by atoms with Crippen LogP contribution in [-0.2, 0) is 14.3 Å². The molecule has 0 saturated carbocycles. The van der Waals surface area contributed by atoms with E-state index in [0.717, 1.165) is 0 Å². The summed E-state index contributed by atoms with van der Waals surface area (Å²) in [5.74, 6) is 0.154. The predicted octanol–water partition coefficient (Wildman–Crippen LogP) is -0.827. The third-order valence-corrected chi connectivity index (χ3v) is 0.928. The van der Waals surface area contributed by atoms with Crippen molar-refractivity contribution in [3.8, 4) is 0 Å². The first kappa shape index (κ1) is 5.81. The Kier molecular flexibility index (Phi) is 1.48. The maximum atomic E-state index is 10.3. The summed E-state index contributed by atoms with van der Waals surface area (Å²) in [6, 6.07) is 0. The first-order chi connectivity index (χ1) is 4.33. The molecule has 1 aliphatic heterocycles. The summed E-state index contributed by atoms with van der Waals surface area (Å²) in [6.07, 6.45) is 1.24. The van der Waals surface area contributed by atoms with Crippen LogP contribution < -0.4 is 5.32 Å². The van der Waals surface area contributed by atoms with Crippen molar-refractivity contribution in [3.63, 3.8) is 0 Å². The van der Waals surface area contributed by atoms with Crippen LogP contribution in [0.4, 0.5) is 0 Å². The first-order valence-electron chi connectivity index (χ1n) is 2.41. The van der Waals surface area contributed by atoms with E-state index in [1.807, 2.05) is 0 Å². The van der Waals surface area contributed by atoms with E-state index in [-0.39, 0.29) is 5.91 Å². The maximum Gasteiger partial charge on any atom is 0.298 e. The van der Waals surface area contributed by atoms with E-state index < -0.39 is 0 Å². The Hall–Kier alpha value is -1.32. The van der Waals surface area contributed by atoms with Gasteiger partial charge in [0.2, 0.25) is 5.91 Å². The Bertz CT molecular complexity index is 173. The fourth-order valence-corrected chi connectivity index (χ4v) is 0.560. The average molecular weight is 127 g/mol. The molecule has 0 aromatic heterocycles. The van der Waals surface area contributed by atoms with E-state index >= 15 is 0 Å². The summed E-state index contributed by atoms with van der Waals surface area (Å²) in [7, 11) is 0.